The fourth-order valence-electron chi connectivity index (χ4n) is 1.68. The molecule has 0 aliphatic carbocycles. The van der Waals surface area contributed by atoms with Gasteiger partial charge in [0.1, 0.15) is 12.4 Å². The molecule has 0 radical (unpaired) electrons. The number of amides is 1. The van der Waals surface area contributed by atoms with Gasteiger partial charge in [-0.1, -0.05) is 23.4 Å². The largest absolute Gasteiger partial charge is 0.485 e. The molecule has 1 aromatic heterocycles. The van der Waals surface area contributed by atoms with Crippen molar-refractivity contribution in [1.82, 2.24) is 10.6 Å². The number of rotatable bonds is 6. The number of ether oxygens (including phenoxy) is 1. The Labute approximate surface area is 115 Å². The predicted octanol–water partition coefficient (Wildman–Crippen LogP) is 0.392. The Morgan fingerprint density at radius 2 is 2.25 bits per heavy atom. The zero-order chi connectivity index (χ0) is 14.4. The van der Waals surface area contributed by atoms with Crippen LogP contribution < -0.4 is 16.0 Å². The van der Waals surface area contributed by atoms with Crippen molar-refractivity contribution in [2.24, 2.45) is 5.84 Å². The average Bonchev–Trinajstić information content (AvgIpc) is 2.95. The number of aliphatic hydroxyl groups is 1. The molecule has 106 valence electrons. The van der Waals surface area contributed by atoms with Crippen LogP contribution in [0.5, 0.6) is 5.75 Å². The summed E-state index contributed by atoms with van der Waals surface area (Å²) in [6.07, 6.45) is 0.507. The number of para-hydroxylation sites is 1. The Bertz CT molecular complexity index is 583. The first-order valence-corrected chi connectivity index (χ1v) is 6.02. The molecule has 2 rings (SSSR count). The first-order chi connectivity index (χ1) is 9.74. The first-order valence-electron chi connectivity index (χ1n) is 6.02. The van der Waals surface area contributed by atoms with Crippen molar-refractivity contribution in [3.8, 4) is 5.75 Å². The minimum atomic E-state index is -0.527. The maximum Gasteiger partial charge on any atom is 0.287 e. The molecule has 20 heavy (non-hydrogen) atoms. The third-order valence-electron chi connectivity index (χ3n) is 2.65. The van der Waals surface area contributed by atoms with Crippen molar-refractivity contribution in [3.05, 3.63) is 47.3 Å². The molecule has 0 aliphatic heterocycles. The van der Waals surface area contributed by atoms with Gasteiger partial charge in [0.05, 0.1) is 0 Å². The molecule has 0 aliphatic rings. The van der Waals surface area contributed by atoms with Crippen LogP contribution in [0, 0.1) is 0 Å². The molecule has 1 aromatic carbocycles. The molecule has 0 saturated heterocycles. The lowest BCUT2D eigenvalue weighted by atomic mass is 10.1. The molecule has 0 atom stereocenters. The van der Waals surface area contributed by atoms with Gasteiger partial charge < -0.3 is 14.4 Å². The van der Waals surface area contributed by atoms with E-state index in [-0.39, 0.29) is 18.9 Å². The summed E-state index contributed by atoms with van der Waals surface area (Å²) in [4.78, 5) is 11.2. The zero-order valence-corrected chi connectivity index (χ0v) is 10.7. The molecule has 1 heterocycles. The lowest BCUT2D eigenvalue weighted by Gasteiger charge is -2.08. The topological polar surface area (TPSA) is 111 Å². The van der Waals surface area contributed by atoms with E-state index in [2.05, 4.69) is 5.16 Å². The maximum atomic E-state index is 11.2. The van der Waals surface area contributed by atoms with Crippen LogP contribution in [0.1, 0.15) is 21.8 Å². The molecule has 0 unspecified atom stereocenters. The molecule has 7 nitrogen and oxygen atoms in total. The Morgan fingerprint density at radius 3 is 3.00 bits per heavy atom. The van der Waals surface area contributed by atoms with E-state index >= 15 is 0 Å². The minimum Gasteiger partial charge on any atom is -0.485 e. The Morgan fingerprint density at radius 1 is 1.45 bits per heavy atom. The van der Waals surface area contributed by atoms with Crippen LogP contribution in [0.15, 0.2) is 34.9 Å². The van der Waals surface area contributed by atoms with Gasteiger partial charge in [-0.3, -0.25) is 10.2 Å². The summed E-state index contributed by atoms with van der Waals surface area (Å²) in [5.41, 5.74) is 2.95. The SMILES string of the molecule is NNC(=O)c1cc(COc2ccccc2CCO)on1. The molecule has 7 heteroatoms. The van der Waals surface area contributed by atoms with E-state index in [9.17, 15) is 4.79 Å². The van der Waals surface area contributed by atoms with Crippen LogP contribution >= 0.6 is 0 Å². The number of aliphatic hydroxyl groups excluding tert-OH is 1. The van der Waals surface area contributed by atoms with Gasteiger partial charge in [0.2, 0.25) is 0 Å². The number of hydrogen-bond acceptors (Lipinski definition) is 6. The summed E-state index contributed by atoms with van der Waals surface area (Å²) in [7, 11) is 0. The number of carbonyl (C=O) groups is 1. The third-order valence-corrected chi connectivity index (χ3v) is 2.65. The number of hydrazine groups is 1. The molecule has 1 amide bonds. The Balaban J connectivity index is 2.02. The number of nitrogens with one attached hydrogen (secondary N) is 1. The first kappa shape index (κ1) is 14.0. The highest BCUT2D eigenvalue weighted by atomic mass is 16.5. The van der Waals surface area contributed by atoms with Crippen LogP contribution in [-0.4, -0.2) is 22.8 Å². The van der Waals surface area contributed by atoms with Gasteiger partial charge in [0, 0.05) is 12.7 Å². The van der Waals surface area contributed by atoms with E-state index in [4.69, 9.17) is 20.2 Å². The second kappa shape index (κ2) is 6.69. The molecule has 0 saturated carbocycles. The summed E-state index contributed by atoms with van der Waals surface area (Å²) < 4.78 is 10.6. The smallest absolute Gasteiger partial charge is 0.287 e. The number of nitrogen functional groups attached to an aromatic ring is 1. The fourth-order valence-corrected chi connectivity index (χ4v) is 1.68. The maximum absolute atomic E-state index is 11.2. The van der Waals surface area contributed by atoms with E-state index in [1.807, 2.05) is 23.6 Å². The number of nitrogens with zero attached hydrogens (tertiary/aromatic N) is 1. The predicted molar refractivity (Wildman–Crippen MR) is 69.7 cm³/mol. The van der Waals surface area contributed by atoms with Gasteiger partial charge in [0.25, 0.3) is 5.91 Å². The van der Waals surface area contributed by atoms with Gasteiger partial charge in [-0.2, -0.15) is 0 Å². The van der Waals surface area contributed by atoms with Gasteiger partial charge in [0.15, 0.2) is 11.5 Å². The van der Waals surface area contributed by atoms with Gasteiger partial charge >= 0.3 is 0 Å². The second-order valence-corrected chi connectivity index (χ2v) is 4.02. The molecule has 0 fully saturated rings. The summed E-state index contributed by atoms with van der Waals surface area (Å²) >= 11 is 0. The summed E-state index contributed by atoms with van der Waals surface area (Å²) in [5.74, 6) is 5.53. The Kier molecular flexibility index (Phi) is 4.70. The molecular weight excluding hydrogens is 262 g/mol. The lowest BCUT2D eigenvalue weighted by molar-refractivity contribution is 0.0944. The Hall–Kier alpha value is -2.38. The summed E-state index contributed by atoms with van der Waals surface area (Å²) in [6, 6.07) is 8.84. The van der Waals surface area contributed by atoms with Crippen LogP contribution in [0.2, 0.25) is 0 Å². The highest BCUT2D eigenvalue weighted by Gasteiger charge is 2.12. The zero-order valence-electron chi connectivity index (χ0n) is 10.7. The number of benzene rings is 1. The van der Waals surface area contributed by atoms with E-state index in [1.54, 1.807) is 6.07 Å². The van der Waals surface area contributed by atoms with Gasteiger partial charge in [-0.05, 0) is 18.1 Å². The fraction of sp³-hybridized carbons (Fsp3) is 0.231. The number of carbonyl (C=O) groups excluding carboxylic acids is 1. The van der Waals surface area contributed by atoms with Crippen molar-refractivity contribution >= 4 is 5.91 Å². The number of nitrogens with two attached hydrogens (primary N) is 1. The van der Waals surface area contributed by atoms with E-state index in [0.29, 0.717) is 17.9 Å². The minimum absolute atomic E-state index is 0.0451. The van der Waals surface area contributed by atoms with E-state index in [1.165, 1.54) is 6.07 Å². The lowest BCUT2D eigenvalue weighted by Crippen LogP contribution is -2.30. The van der Waals surface area contributed by atoms with Crippen molar-refractivity contribution < 1.29 is 19.2 Å². The van der Waals surface area contributed by atoms with Crippen LogP contribution in [0.25, 0.3) is 0 Å². The number of aromatic nitrogens is 1. The molecule has 2 aromatic rings. The molecular formula is C13H15N3O4. The third kappa shape index (κ3) is 3.34. The van der Waals surface area contributed by atoms with Gasteiger partial charge in [-0.15, -0.1) is 0 Å². The monoisotopic (exact) mass is 277 g/mol. The van der Waals surface area contributed by atoms with Crippen molar-refractivity contribution in [3.63, 3.8) is 0 Å². The summed E-state index contributed by atoms with van der Waals surface area (Å²) in [6.45, 7) is 0.177. The van der Waals surface area contributed by atoms with E-state index in [0.717, 1.165) is 5.56 Å². The normalized spacial score (nSPS) is 10.3. The highest BCUT2D eigenvalue weighted by molar-refractivity contribution is 5.91. The van der Waals surface area contributed by atoms with E-state index < -0.39 is 5.91 Å². The molecule has 0 bridgehead atoms. The second-order valence-electron chi connectivity index (χ2n) is 4.02. The average molecular weight is 277 g/mol. The molecule has 0 spiro atoms. The van der Waals surface area contributed by atoms with Crippen molar-refractivity contribution in [1.29, 1.82) is 0 Å². The van der Waals surface area contributed by atoms with Crippen LogP contribution in [0.3, 0.4) is 0 Å². The molecule has 4 N–H and O–H groups in total. The van der Waals surface area contributed by atoms with Crippen molar-refractivity contribution in [2.75, 3.05) is 6.61 Å². The van der Waals surface area contributed by atoms with Crippen LogP contribution in [-0.2, 0) is 13.0 Å². The highest BCUT2D eigenvalue weighted by Crippen LogP contribution is 2.19. The quantitative estimate of drug-likeness (QED) is 0.400. The summed E-state index contributed by atoms with van der Waals surface area (Å²) in [5, 5.41) is 12.6. The number of hydrogen-bond donors (Lipinski definition) is 3. The van der Waals surface area contributed by atoms with Crippen molar-refractivity contribution in [2.45, 2.75) is 13.0 Å². The van der Waals surface area contributed by atoms with Crippen LogP contribution in [0.4, 0.5) is 0 Å². The van der Waals surface area contributed by atoms with Gasteiger partial charge in [-0.25, -0.2) is 5.84 Å². The standard InChI is InChI=1S/C13H15N3O4/c14-15-13(18)11-7-10(20-16-11)8-19-12-4-2-1-3-9(12)5-6-17/h1-4,7,17H,5-6,8,14H2,(H,15,18).